The van der Waals surface area contributed by atoms with Gasteiger partial charge in [0, 0.05) is 30.8 Å². The molecule has 2 N–H and O–H groups in total. The zero-order valence-corrected chi connectivity index (χ0v) is 14.6. The topological polar surface area (TPSA) is 63.2 Å². The Labute approximate surface area is 153 Å². The number of nitrogens with one attached hydrogen (secondary N) is 2. The number of rotatable bonds is 6. The van der Waals surface area contributed by atoms with Gasteiger partial charge >= 0.3 is 6.03 Å². The van der Waals surface area contributed by atoms with Crippen LogP contribution in [0.25, 0.3) is 0 Å². The van der Waals surface area contributed by atoms with Gasteiger partial charge in [-0.3, -0.25) is 4.98 Å². The van der Waals surface area contributed by atoms with Crippen molar-refractivity contribution >= 4 is 11.7 Å². The molecule has 0 aliphatic heterocycles. The molecule has 1 aromatic heterocycles. The van der Waals surface area contributed by atoms with Crippen molar-refractivity contribution in [2.75, 3.05) is 12.4 Å². The Morgan fingerprint density at radius 2 is 1.62 bits per heavy atom. The molecule has 2 aromatic carbocycles. The smallest absolute Gasteiger partial charge is 0.319 e. The maximum absolute atomic E-state index is 12.6. The van der Waals surface area contributed by atoms with Crippen LogP contribution in [0.4, 0.5) is 10.5 Å². The quantitative estimate of drug-likeness (QED) is 0.704. The van der Waals surface area contributed by atoms with Gasteiger partial charge < -0.3 is 15.4 Å². The molecule has 26 heavy (non-hydrogen) atoms. The molecule has 3 aromatic rings. The van der Waals surface area contributed by atoms with Crippen molar-refractivity contribution in [2.45, 2.75) is 12.6 Å². The second-order valence-electron chi connectivity index (χ2n) is 5.81. The Bertz CT molecular complexity index is 799. The van der Waals surface area contributed by atoms with E-state index in [4.69, 9.17) is 4.74 Å². The zero-order chi connectivity index (χ0) is 18.2. The number of nitrogens with zero attached hydrogens (tertiary/aromatic N) is 1. The molecule has 1 heterocycles. The van der Waals surface area contributed by atoms with E-state index in [1.165, 1.54) is 0 Å². The van der Waals surface area contributed by atoms with E-state index in [0.717, 1.165) is 22.4 Å². The van der Waals surface area contributed by atoms with E-state index in [2.05, 4.69) is 15.6 Å². The van der Waals surface area contributed by atoms with Gasteiger partial charge in [-0.15, -0.1) is 0 Å². The lowest BCUT2D eigenvalue weighted by Gasteiger charge is -2.20. The molecule has 0 spiro atoms. The minimum Gasteiger partial charge on any atom is -0.380 e. The van der Waals surface area contributed by atoms with Crippen LogP contribution in [0.2, 0.25) is 0 Å². The average Bonchev–Trinajstić information content (AvgIpc) is 2.69. The minimum absolute atomic E-state index is 0.270. The lowest BCUT2D eigenvalue weighted by Crippen LogP contribution is -2.33. The van der Waals surface area contributed by atoms with Gasteiger partial charge in [0.1, 0.15) is 0 Å². The molecule has 0 saturated carbocycles. The summed E-state index contributed by atoms with van der Waals surface area (Å²) >= 11 is 0. The Balaban J connectivity index is 1.80. The van der Waals surface area contributed by atoms with Crippen molar-refractivity contribution in [1.29, 1.82) is 0 Å². The normalized spacial score (nSPS) is 11.6. The molecule has 1 atom stereocenters. The van der Waals surface area contributed by atoms with E-state index in [-0.39, 0.29) is 12.1 Å². The zero-order valence-electron chi connectivity index (χ0n) is 14.6. The van der Waals surface area contributed by atoms with Crippen molar-refractivity contribution in [3.63, 3.8) is 0 Å². The largest absolute Gasteiger partial charge is 0.380 e. The summed E-state index contributed by atoms with van der Waals surface area (Å²) in [6.45, 7) is 0.433. The summed E-state index contributed by atoms with van der Waals surface area (Å²) in [5, 5.41) is 5.97. The van der Waals surface area contributed by atoms with Gasteiger partial charge in [0.05, 0.1) is 12.6 Å². The summed E-state index contributed by atoms with van der Waals surface area (Å²) < 4.78 is 5.19. The predicted octanol–water partition coefficient (Wildman–Crippen LogP) is 4.14. The number of carbonyl (C=O) groups excluding carboxylic acids is 1. The van der Waals surface area contributed by atoms with Crippen molar-refractivity contribution < 1.29 is 9.53 Å². The third-order valence-corrected chi connectivity index (χ3v) is 4.01. The van der Waals surface area contributed by atoms with Crippen molar-refractivity contribution in [1.82, 2.24) is 10.3 Å². The SMILES string of the molecule is COCc1ccccc1NC(=O)N[C@@H](c1ccccc1)c1ccncc1. The van der Waals surface area contributed by atoms with Gasteiger partial charge in [-0.05, 0) is 29.3 Å². The average molecular weight is 347 g/mol. The number of urea groups is 1. The molecule has 2 amide bonds. The van der Waals surface area contributed by atoms with Crippen molar-refractivity contribution in [3.8, 4) is 0 Å². The number of hydrogen-bond acceptors (Lipinski definition) is 3. The van der Waals surface area contributed by atoms with Gasteiger partial charge in [0.25, 0.3) is 0 Å². The fraction of sp³-hybridized carbons (Fsp3) is 0.143. The van der Waals surface area contributed by atoms with E-state index in [0.29, 0.717) is 6.61 Å². The third-order valence-electron chi connectivity index (χ3n) is 4.01. The molecule has 5 heteroatoms. The number of aromatic nitrogens is 1. The Hall–Kier alpha value is -3.18. The highest BCUT2D eigenvalue weighted by atomic mass is 16.5. The lowest BCUT2D eigenvalue weighted by molar-refractivity contribution is 0.185. The second kappa shape index (κ2) is 8.78. The summed E-state index contributed by atoms with van der Waals surface area (Å²) in [5.74, 6) is 0. The Kier molecular flexibility index (Phi) is 5.96. The number of para-hydroxylation sites is 1. The number of anilines is 1. The summed E-state index contributed by atoms with van der Waals surface area (Å²) in [5.41, 5.74) is 3.62. The van der Waals surface area contributed by atoms with Gasteiger partial charge in [0.2, 0.25) is 0 Å². The van der Waals surface area contributed by atoms with E-state index < -0.39 is 0 Å². The van der Waals surface area contributed by atoms with E-state index in [1.54, 1.807) is 19.5 Å². The molecule has 0 saturated heterocycles. The first-order valence-electron chi connectivity index (χ1n) is 8.37. The monoisotopic (exact) mass is 347 g/mol. The predicted molar refractivity (Wildman–Crippen MR) is 102 cm³/mol. The first-order valence-corrected chi connectivity index (χ1v) is 8.37. The number of ether oxygens (including phenoxy) is 1. The first-order chi connectivity index (χ1) is 12.8. The summed E-state index contributed by atoms with van der Waals surface area (Å²) in [6.07, 6.45) is 3.44. The molecule has 0 fully saturated rings. The van der Waals surface area contributed by atoms with Crippen LogP contribution in [0.5, 0.6) is 0 Å². The van der Waals surface area contributed by atoms with Crippen LogP contribution in [0.15, 0.2) is 79.1 Å². The number of methoxy groups -OCH3 is 1. The fourth-order valence-corrected chi connectivity index (χ4v) is 2.77. The Morgan fingerprint density at radius 3 is 2.35 bits per heavy atom. The van der Waals surface area contributed by atoms with Crippen molar-refractivity contribution in [3.05, 3.63) is 95.8 Å². The van der Waals surface area contributed by atoms with Gasteiger partial charge in [0.15, 0.2) is 0 Å². The molecule has 0 aliphatic rings. The fourth-order valence-electron chi connectivity index (χ4n) is 2.77. The lowest BCUT2D eigenvalue weighted by atomic mass is 10.00. The van der Waals surface area contributed by atoms with Crippen LogP contribution in [-0.2, 0) is 11.3 Å². The molecule has 0 unspecified atom stereocenters. The standard InChI is InChI=1S/C21H21N3O2/c1-26-15-18-9-5-6-10-19(18)23-21(25)24-20(16-7-3-2-4-8-16)17-11-13-22-14-12-17/h2-14,20H,15H2,1H3,(H2,23,24,25)/t20-/m0/s1. The number of hydrogen-bond donors (Lipinski definition) is 2. The highest BCUT2D eigenvalue weighted by molar-refractivity contribution is 5.90. The molecular weight excluding hydrogens is 326 g/mol. The van der Waals surface area contributed by atoms with E-state index in [1.807, 2.05) is 66.7 Å². The Morgan fingerprint density at radius 1 is 0.962 bits per heavy atom. The highest BCUT2D eigenvalue weighted by Gasteiger charge is 2.17. The van der Waals surface area contributed by atoms with Crippen LogP contribution < -0.4 is 10.6 Å². The summed E-state index contributed by atoms with van der Waals surface area (Å²) in [6, 6.07) is 20.7. The summed E-state index contributed by atoms with van der Waals surface area (Å²) in [4.78, 5) is 16.7. The molecular formula is C21H21N3O2. The molecule has 3 rings (SSSR count). The van der Waals surface area contributed by atoms with Crippen LogP contribution in [0.1, 0.15) is 22.7 Å². The molecule has 0 aliphatic carbocycles. The van der Waals surface area contributed by atoms with Gasteiger partial charge in [-0.2, -0.15) is 0 Å². The first kappa shape index (κ1) is 17.6. The minimum atomic E-state index is -0.279. The molecule has 0 radical (unpaired) electrons. The van der Waals surface area contributed by atoms with E-state index >= 15 is 0 Å². The second-order valence-corrected chi connectivity index (χ2v) is 5.81. The van der Waals surface area contributed by atoms with Crippen molar-refractivity contribution in [2.24, 2.45) is 0 Å². The number of carbonyl (C=O) groups is 1. The van der Waals surface area contributed by atoms with Crippen LogP contribution in [0.3, 0.4) is 0 Å². The summed E-state index contributed by atoms with van der Waals surface area (Å²) in [7, 11) is 1.63. The number of pyridine rings is 1. The van der Waals surface area contributed by atoms with Gasteiger partial charge in [-0.1, -0.05) is 48.5 Å². The molecule has 0 bridgehead atoms. The highest BCUT2D eigenvalue weighted by Crippen LogP contribution is 2.22. The van der Waals surface area contributed by atoms with Crippen LogP contribution >= 0.6 is 0 Å². The van der Waals surface area contributed by atoms with E-state index in [9.17, 15) is 4.79 Å². The maximum atomic E-state index is 12.6. The van der Waals surface area contributed by atoms with Gasteiger partial charge in [-0.25, -0.2) is 4.79 Å². The van der Waals surface area contributed by atoms with Crippen LogP contribution in [0, 0.1) is 0 Å². The molecule has 5 nitrogen and oxygen atoms in total. The number of benzene rings is 2. The number of amides is 2. The third kappa shape index (κ3) is 4.46. The van der Waals surface area contributed by atoms with Crippen LogP contribution in [-0.4, -0.2) is 18.1 Å². The maximum Gasteiger partial charge on any atom is 0.319 e. The molecule has 132 valence electrons.